The third kappa shape index (κ3) is 4.48. The number of rotatable bonds is 3. The number of halogens is 3. The Morgan fingerprint density at radius 3 is 2.13 bits per heavy atom. The van der Waals surface area contributed by atoms with Gasteiger partial charge < -0.3 is 4.74 Å². The van der Waals surface area contributed by atoms with Gasteiger partial charge in [0.15, 0.2) is 0 Å². The molecule has 0 saturated heterocycles. The fraction of sp³-hybridized carbons (Fsp3) is 0.500. The molecule has 15 heavy (non-hydrogen) atoms. The highest BCUT2D eigenvalue weighted by Gasteiger charge is 2.34. The number of amides is 1. The van der Waals surface area contributed by atoms with Gasteiger partial charge in [0.1, 0.15) is 12.2 Å². The molecule has 0 heterocycles. The highest BCUT2D eigenvalue weighted by molar-refractivity contribution is 5.92. The molecule has 0 aromatic rings. The number of hydrogen-bond donors (Lipinski definition) is 0. The van der Waals surface area contributed by atoms with Crippen molar-refractivity contribution in [2.75, 3.05) is 13.7 Å². The van der Waals surface area contributed by atoms with Crippen molar-refractivity contribution in [3.8, 4) is 0 Å². The van der Waals surface area contributed by atoms with E-state index < -0.39 is 30.3 Å². The molecule has 4 nitrogen and oxygen atoms in total. The second-order valence-electron chi connectivity index (χ2n) is 2.66. The minimum atomic E-state index is -4.59. The maximum Gasteiger partial charge on any atom is 0.406 e. The van der Waals surface area contributed by atoms with E-state index in [0.717, 1.165) is 14.0 Å². The Morgan fingerprint density at radius 2 is 1.87 bits per heavy atom. The second kappa shape index (κ2) is 4.81. The molecule has 0 atom stereocenters. The van der Waals surface area contributed by atoms with Crippen LogP contribution in [0.4, 0.5) is 13.2 Å². The number of esters is 1. The van der Waals surface area contributed by atoms with Crippen LogP contribution in [0.1, 0.15) is 6.92 Å². The van der Waals surface area contributed by atoms with E-state index in [1.54, 1.807) is 0 Å². The summed E-state index contributed by atoms with van der Waals surface area (Å²) >= 11 is 0. The van der Waals surface area contributed by atoms with E-state index in [0.29, 0.717) is 0 Å². The summed E-state index contributed by atoms with van der Waals surface area (Å²) in [5, 5.41) is 0. The van der Waals surface area contributed by atoms with Crippen molar-refractivity contribution in [1.82, 2.24) is 4.90 Å². The van der Waals surface area contributed by atoms with Crippen LogP contribution in [0.3, 0.4) is 0 Å². The highest BCUT2D eigenvalue weighted by Crippen LogP contribution is 2.19. The van der Waals surface area contributed by atoms with Gasteiger partial charge in [0.05, 0.1) is 7.11 Å². The lowest BCUT2D eigenvalue weighted by atomic mass is 10.3. The molecule has 0 bridgehead atoms. The minimum absolute atomic E-state index is 0.214. The van der Waals surface area contributed by atoms with Crippen LogP contribution in [0.2, 0.25) is 0 Å². The standard InChI is InChI=1S/C8H10F3NO3/c1-5(7(14)15-3)12(6(2)13)4-8(9,10)11/h1,4H2,2-3H3. The van der Waals surface area contributed by atoms with E-state index in [2.05, 4.69) is 11.3 Å². The van der Waals surface area contributed by atoms with Crippen molar-refractivity contribution >= 4 is 11.9 Å². The zero-order valence-electron chi connectivity index (χ0n) is 8.22. The van der Waals surface area contributed by atoms with E-state index in [4.69, 9.17) is 0 Å². The lowest BCUT2D eigenvalue weighted by Crippen LogP contribution is -2.39. The van der Waals surface area contributed by atoms with Crippen molar-refractivity contribution < 1.29 is 27.5 Å². The summed E-state index contributed by atoms with van der Waals surface area (Å²) in [5.41, 5.74) is -0.637. The van der Waals surface area contributed by atoms with Crippen LogP contribution < -0.4 is 0 Å². The van der Waals surface area contributed by atoms with Gasteiger partial charge in [-0.1, -0.05) is 6.58 Å². The molecule has 0 spiro atoms. The van der Waals surface area contributed by atoms with Crippen molar-refractivity contribution in [3.05, 3.63) is 12.3 Å². The van der Waals surface area contributed by atoms with Gasteiger partial charge in [-0.15, -0.1) is 0 Å². The van der Waals surface area contributed by atoms with Crippen molar-refractivity contribution in [3.63, 3.8) is 0 Å². The number of alkyl halides is 3. The van der Waals surface area contributed by atoms with Gasteiger partial charge in [-0.2, -0.15) is 13.2 Å². The monoisotopic (exact) mass is 225 g/mol. The van der Waals surface area contributed by atoms with Crippen LogP contribution in [-0.2, 0) is 14.3 Å². The topological polar surface area (TPSA) is 46.6 Å². The van der Waals surface area contributed by atoms with Gasteiger partial charge in [0.2, 0.25) is 5.91 Å². The summed E-state index contributed by atoms with van der Waals surface area (Å²) in [6.45, 7) is 2.41. The van der Waals surface area contributed by atoms with Crippen molar-refractivity contribution in [1.29, 1.82) is 0 Å². The molecule has 0 aliphatic rings. The molecule has 0 unspecified atom stereocenters. The Labute approximate surface area is 84.3 Å². The molecule has 0 aliphatic heterocycles. The Kier molecular flexibility index (Phi) is 4.32. The van der Waals surface area contributed by atoms with E-state index >= 15 is 0 Å². The predicted octanol–water partition coefficient (Wildman–Crippen LogP) is 1.08. The largest absolute Gasteiger partial charge is 0.464 e. The molecule has 1 amide bonds. The highest BCUT2D eigenvalue weighted by atomic mass is 19.4. The molecule has 0 radical (unpaired) electrons. The lowest BCUT2D eigenvalue weighted by molar-refractivity contribution is -0.159. The molecule has 86 valence electrons. The van der Waals surface area contributed by atoms with Gasteiger partial charge in [-0.25, -0.2) is 4.79 Å². The quantitative estimate of drug-likeness (QED) is 0.533. The molecule has 0 fully saturated rings. The molecule has 0 aromatic carbocycles. The molecular weight excluding hydrogens is 215 g/mol. The first-order valence-electron chi connectivity index (χ1n) is 3.81. The first-order chi connectivity index (χ1) is 6.69. The third-order valence-electron chi connectivity index (χ3n) is 1.46. The maximum atomic E-state index is 12.0. The fourth-order valence-electron chi connectivity index (χ4n) is 0.804. The van der Waals surface area contributed by atoms with Crippen molar-refractivity contribution in [2.24, 2.45) is 0 Å². The molecule has 0 N–H and O–H groups in total. The number of hydrogen-bond acceptors (Lipinski definition) is 3. The van der Waals surface area contributed by atoms with Crippen LogP contribution in [-0.4, -0.2) is 36.6 Å². The van der Waals surface area contributed by atoms with E-state index in [1.165, 1.54) is 0 Å². The van der Waals surface area contributed by atoms with Crippen LogP contribution in [0.5, 0.6) is 0 Å². The Balaban J connectivity index is 4.76. The Hall–Kier alpha value is -1.53. The summed E-state index contributed by atoms with van der Waals surface area (Å²) in [5.74, 6) is -2.00. The molecule has 7 heteroatoms. The van der Waals surface area contributed by atoms with E-state index in [1.807, 2.05) is 0 Å². The van der Waals surface area contributed by atoms with E-state index in [-0.39, 0.29) is 4.90 Å². The van der Waals surface area contributed by atoms with Gasteiger partial charge in [-0.05, 0) is 0 Å². The minimum Gasteiger partial charge on any atom is -0.464 e. The lowest BCUT2D eigenvalue weighted by Gasteiger charge is -2.22. The number of methoxy groups -OCH3 is 1. The van der Waals surface area contributed by atoms with Gasteiger partial charge in [0, 0.05) is 6.92 Å². The summed E-state index contributed by atoms with van der Waals surface area (Å²) < 4.78 is 40.2. The van der Waals surface area contributed by atoms with Gasteiger partial charge in [-0.3, -0.25) is 9.69 Å². The predicted molar refractivity (Wildman–Crippen MR) is 44.6 cm³/mol. The van der Waals surface area contributed by atoms with E-state index in [9.17, 15) is 22.8 Å². The molecule has 0 aliphatic carbocycles. The fourth-order valence-corrected chi connectivity index (χ4v) is 0.804. The molecular formula is C8H10F3NO3. The number of carbonyl (C=O) groups is 2. The van der Waals surface area contributed by atoms with Crippen LogP contribution in [0, 0.1) is 0 Å². The first-order valence-corrected chi connectivity index (χ1v) is 3.81. The summed E-state index contributed by atoms with van der Waals surface area (Å²) in [4.78, 5) is 21.9. The maximum absolute atomic E-state index is 12.0. The van der Waals surface area contributed by atoms with Crippen molar-refractivity contribution in [2.45, 2.75) is 13.1 Å². The van der Waals surface area contributed by atoms with Crippen LogP contribution in [0.25, 0.3) is 0 Å². The second-order valence-corrected chi connectivity index (χ2v) is 2.66. The summed E-state index contributed by atoms with van der Waals surface area (Å²) in [6, 6.07) is 0. The first kappa shape index (κ1) is 13.5. The molecule has 0 saturated carbocycles. The normalized spacial score (nSPS) is 10.7. The third-order valence-corrected chi connectivity index (χ3v) is 1.46. The smallest absolute Gasteiger partial charge is 0.406 e. The number of carbonyl (C=O) groups excluding carboxylic acids is 2. The van der Waals surface area contributed by atoms with Gasteiger partial charge in [0.25, 0.3) is 0 Å². The number of ether oxygens (including phenoxy) is 1. The SMILES string of the molecule is C=C(C(=O)OC)N(CC(F)(F)F)C(C)=O. The summed E-state index contributed by atoms with van der Waals surface area (Å²) in [7, 11) is 0.986. The number of nitrogens with zero attached hydrogens (tertiary/aromatic N) is 1. The van der Waals surface area contributed by atoms with Crippen LogP contribution in [0.15, 0.2) is 12.3 Å². The molecule has 0 aromatic heterocycles. The van der Waals surface area contributed by atoms with Gasteiger partial charge >= 0.3 is 12.1 Å². The summed E-state index contributed by atoms with van der Waals surface area (Å²) in [6.07, 6.45) is -4.59. The van der Waals surface area contributed by atoms with Crippen LogP contribution >= 0.6 is 0 Å². The molecule has 0 rings (SSSR count). The Morgan fingerprint density at radius 1 is 1.40 bits per heavy atom. The Bertz CT molecular complexity index is 285. The average Bonchev–Trinajstić information content (AvgIpc) is 2.10. The average molecular weight is 225 g/mol. The zero-order valence-corrected chi connectivity index (χ0v) is 8.22. The zero-order chi connectivity index (χ0) is 12.2.